The topological polar surface area (TPSA) is 93.2 Å². The molecule has 2 amide bonds. The van der Waals surface area contributed by atoms with Crippen LogP contribution in [-0.4, -0.2) is 34.5 Å². The van der Waals surface area contributed by atoms with Crippen molar-refractivity contribution in [3.63, 3.8) is 0 Å². The number of halogens is 1. The number of hydrogen-bond donors (Lipinski definition) is 2. The normalized spacial score (nSPS) is 17.5. The van der Waals surface area contributed by atoms with Gasteiger partial charge in [-0.2, -0.15) is 0 Å². The van der Waals surface area contributed by atoms with Crippen LogP contribution in [-0.2, 0) is 9.53 Å². The van der Waals surface area contributed by atoms with Gasteiger partial charge in [0.15, 0.2) is 0 Å². The van der Waals surface area contributed by atoms with Crippen LogP contribution in [0.3, 0.4) is 0 Å². The maximum Gasteiger partial charge on any atom is 0.276 e. The Morgan fingerprint density at radius 3 is 2.86 bits per heavy atom. The lowest BCUT2D eigenvalue weighted by Crippen LogP contribution is -2.37. The van der Waals surface area contributed by atoms with Crippen LogP contribution >= 0.6 is 11.3 Å². The molecule has 1 aliphatic heterocycles. The molecule has 3 rings (SSSR count). The molecule has 0 saturated carbocycles. The average molecular weight is 406 g/mol. The molecule has 28 heavy (non-hydrogen) atoms. The molecule has 2 atom stereocenters. The van der Waals surface area contributed by atoms with Gasteiger partial charge < -0.3 is 15.4 Å². The van der Waals surface area contributed by atoms with Crippen LogP contribution < -0.4 is 10.6 Å². The summed E-state index contributed by atoms with van der Waals surface area (Å²) in [6.07, 6.45) is 2.91. The van der Waals surface area contributed by atoms with Crippen LogP contribution in [0.15, 0.2) is 23.7 Å². The Labute approximate surface area is 166 Å². The molecule has 0 spiro atoms. The number of nitrogens with zero attached hydrogens (tertiary/aromatic N) is 2. The third-order valence-corrected chi connectivity index (χ3v) is 5.23. The molecular formula is C19H23FN4O3S. The van der Waals surface area contributed by atoms with E-state index in [2.05, 4.69) is 34.4 Å². The Morgan fingerprint density at radius 1 is 1.39 bits per heavy atom. The number of aromatic nitrogens is 2. The molecule has 3 heterocycles. The number of carbonyl (C=O) groups is 2. The lowest BCUT2D eigenvalue weighted by Gasteiger charge is -2.20. The molecule has 150 valence electrons. The maximum absolute atomic E-state index is 12.9. The summed E-state index contributed by atoms with van der Waals surface area (Å²) in [6, 6.07) is 2.31. The maximum atomic E-state index is 12.9. The van der Waals surface area contributed by atoms with E-state index in [1.54, 1.807) is 5.38 Å². The van der Waals surface area contributed by atoms with E-state index >= 15 is 0 Å². The molecule has 2 aromatic heterocycles. The molecule has 0 unspecified atom stereocenters. The zero-order chi connectivity index (χ0) is 20.1. The van der Waals surface area contributed by atoms with E-state index in [0.29, 0.717) is 24.0 Å². The lowest BCUT2D eigenvalue weighted by atomic mass is 10.0. The molecule has 2 aromatic rings. The quantitative estimate of drug-likeness (QED) is 0.736. The van der Waals surface area contributed by atoms with Gasteiger partial charge >= 0.3 is 0 Å². The number of ether oxygens (including phenoxy) is 1. The van der Waals surface area contributed by atoms with Crippen molar-refractivity contribution >= 4 is 29.0 Å². The first-order valence-electron chi connectivity index (χ1n) is 9.22. The zero-order valence-electron chi connectivity index (χ0n) is 15.8. The molecule has 0 bridgehead atoms. The molecule has 1 fully saturated rings. The lowest BCUT2D eigenvalue weighted by molar-refractivity contribution is -0.130. The van der Waals surface area contributed by atoms with Crippen LogP contribution in [0.1, 0.15) is 54.6 Å². The van der Waals surface area contributed by atoms with E-state index < -0.39 is 17.8 Å². The SMILES string of the molecule is CC(C)C[C@H](NC(=O)[C@@H]1CCCO1)c1nc(C(=O)Nc2ccc(F)cn2)cs1. The van der Waals surface area contributed by atoms with E-state index in [1.165, 1.54) is 23.5 Å². The molecule has 1 saturated heterocycles. The van der Waals surface area contributed by atoms with E-state index in [4.69, 9.17) is 4.74 Å². The summed E-state index contributed by atoms with van der Waals surface area (Å²) >= 11 is 1.32. The number of hydrogen-bond acceptors (Lipinski definition) is 6. The largest absolute Gasteiger partial charge is 0.368 e. The fourth-order valence-corrected chi connectivity index (χ4v) is 3.79. The van der Waals surface area contributed by atoms with Gasteiger partial charge in [-0.1, -0.05) is 13.8 Å². The van der Waals surface area contributed by atoms with Gasteiger partial charge in [0.1, 0.15) is 28.4 Å². The number of rotatable bonds is 7. The van der Waals surface area contributed by atoms with Crippen molar-refractivity contribution in [1.82, 2.24) is 15.3 Å². The standard InChI is InChI=1S/C19H23FN4O3S/c1-11(2)8-13(22-18(26)15-4-3-7-27-15)19-23-14(10-28-19)17(25)24-16-6-5-12(20)9-21-16/h5-6,9-11,13,15H,3-4,7-8H2,1-2H3,(H,22,26)(H,21,24,25)/t13-,15-/m0/s1. The van der Waals surface area contributed by atoms with Gasteiger partial charge in [-0.05, 0) is 37.3 Å². The number of nitrogens with one attached hydrogen (secondary N) is 2. The van der Waals surface area contributed by atoms with Crippen molar-refractivity contribution in [3.05, 3.63) is 40.2 Å². The van der Waals surface area contributed by atoms with Crippen molar-refractivity contribution in [2.24, 2.45) is 5.92 Å². The van der Waals surface area contributed by atoms with Gasteiger partial charge in [0.2, 0.25) is 5.91 Å². The molecule has 2 N–H and O–H groups in total. The number of anilines is 1. The van der Waals surface area contributed by atoms with Crippen LogP contribution in [0, 0.1) is 11.7 Å². The second kappa shape index (κ2) is 9.20. The summed E-state index contributed by atoms with van der Waals surface area (Å²) in [4.78, 5) is 33.0. The van der Waals surface area contributed by atoms with Crippen LogP contribution in [0.25, 0.3) is 0 Å². The molecule has 0 aliphatic carbocycles. The van der Waals surface area contributed by atoms with Crippen LogP contribution in [0.2, 0.25) is 0 Å². The Bertz CT molecular complexity index is 819. The molecule has 0 radical (unpaired) electrons. The van der Waals surface area contributed by atoms with Gasteiger partial charge in [-0.15, -0.1) is 11.3 Å². The van der Waals surface area contributed by atoms with Crippen molar-refractivity contribution in [2.75, 3.05) is 11.9 Å². The predicted octanol–water partition coefficient (Wildman–Crippen LogP) is 3.31. The molecule has 0 aromatic carbocycles. The molecular weight excluding hydrogens is 383 g/mol. The second-order valence-corrected chi connectivity index (χ2v) is 7.97. The summed E-state index contributed by atoms with van der Waals surface area (Å²) < 4.78 is 18.4. The van der Waals surface area contributed by atoms with Crippen LogP contribution in [0.4, 0.5) is 10.2 Å². The number of thiazole rings is 1. The van der Waals surface area contributed by atoms with Gasteiger partial charge in [0.25, 0.3) is 5.91 Å². The van der Waals surface area contributed by atoms with E-state index in [-0.39, 0.29) is 23.5 Å². The van der Waals surface area contributed by atoms with Crippen molar-refractivity contribution < 1.29 is 18.7 Å². The second-order valence-electron chi connectivity index (χ2n) is 7.08. The average Bonchev–Trinajstić information content (AvgIpc) is 3.35. The highest BCUT2D eigenvalue weighted by atomic mass is 32.1. The van der Waals surface area contributed by atoms with E-state index in [0.717, 1.165) is 19.0 Å². The molecule has 9 heteroatoms. The predicted molar refractivity (Wildman–Crippen MR) is 104 cm³/mol. The van der Waals surface area contributed by atoms with Crippen LogP contribution in [0.5, 0.6) is 0 Å². The van der Waals surface area contributed by atoms with Crippen molar-refractivity contribution in [3.8, 4) is 0 Å². The van der Waals surface area contributed by atoms with E-state index in [1.807, 2.05) is 0 Å². The number of pyridine rings is 1. The zero-order valence-corrected chi connectivity index (χ0v) is 16.6. The minimum absolute atomic E-state index is 0.139. The van der Waals surface area contributed by atoms with Crippen molar-refractivity contribution in [2.45, 2.75) is 45.3 Å². The first-order chi connectivity index (χ1) is 13.4. The number of carbonyl (C=O) groups excluding carboxylic acids is 2. The van der Waals surface area contributed by atoms with E-state index in [9.17, 15) is 14.0 Å². The summed E-state index contributed by atoms with van der Waals surface area (Å²) in [5, 5.41) is 7.90. The summed E-state index contributed by atoms with van der Waals surface area (Å²) in [6.45, 7) is 4.73. The van der Waals surface area contributed by atoms with Gasteiger partial charge in [0, 0.05) is 12.0 Å². The fourth-order valence-electron chi connectivity index (χ4n) is 2.92. The first kappa shape index (κ1) is 20.3. The highest BCUT2D eigenvalue weighted by molar-refractivity contribution is 7.10. The minimum atomic E-state index is -0.479. The Kier molecular flexibility index (Phi) is 6.69. The fraction of sp³-hybridized carbons (Fsp3) is 0.474. The molecule has 7 nitrogen and oxygen atoms in total. The summed E-state index contributed by atoms with van der Waals surface area (Å²) in [7, 11) is 0. The number of amides is 2. The van der Waals surface area contributed by atoms with Gasteiger partial charge in [-0.25, -0.2) is 14.4 Å². The Hall–Kier alpha value is -2.39. The molecule has 1 aliphatic rings. The third kappa shape index (κ3) is 5.32. The van der Waals surface area contributed by atoms with Crippen molar-refractivity contribution in [1.29, 1.82) is 0 Å². The Balaban J connectivity index is 1.69. The summed E-state index contributed by atoms with van der Waals surface area (Å²) in [5.74, 6) is -0.478. The highest BCUT2D eigenvalue weighted by Crippen LogP contribution is 2.26. The Morgan fingerprint density at radius 2 is 2.21 bits per heavy atom. The van der Waals surface area contributed by atoms with Gasteiger partial charge in [0.05, 0.1) is 12.2 Å². The first-order valence-corrected chi connectivity index (χ1v) is 10.1. The van der Waals surface area contributed by atoms with Gasteiger partial charge in [-0.3, -0.25) is 9.59 Å². The highest BCUT2D eigenvalue weighted by Gasteiger charge is 2.28. The smallest absolute Gasteiger partial charge is 0.276 e. The minimum Gasteiger partial charge on any atom is -0.368 e. The summed E-state index contributed by atoms with van der Waals surface area (Å²) in [5.41, 5.74) is 0.228. The third-order valence-electron chi connectivity index (χ3n) is 4.27. The monoisotopic (exact) mass is 406 g/mol.